The minimum absolute atomic E-state index is 0.265. The third-order valence-electron chi connectivity index (χ3n) is 2.86. The number of hydrogen-bond acceptors (Lipinski definition) is 4. The minimum atomic E-state index is -0.335. The summed E-state index contributed by atoms with van der Waals surface area (Å²) in [7, 11) is 0. The molecule has 0 aliphatic rings. The lowest BCUT2D eigenvalue weighted by Gasteiger charge is -2.20. The van der Waals surface area contributed by atoms with Crippen molar-refractivity contribution in [1.82, 2.24) is 10.2 Å². The van der Waals surface area contributed by atoms with Gasteiger partial charge in [0.05, 0.1) is 23.4 Å². The number of carbonyl (C=O) groups excluding carboxylic acids is 1. The van der Waals surface area contributed by atoms with Crippen molar-refractivity contribution in [2.45, 2.75) is 33.1 Å². The fraction of sp³-hybridized carbons (Fsp3) is 0.400. The SMILES string of the molecule is CCOC(=O)c1c(C(C)(C)C)nnc2ccccc12. The van der Waals surface area contributed by atoms with E-state index in [-0.39, 0.29) is 11.4 Å². The largest absolute Gasteiger partial charge is 0.462 e. The van der Waals surface area contributed by atoms with Gasteiger partial charge in [0.25, 0.3) is 0 Å². The van der Waals surface area contributed by atoms with Crippen LogP contribution in [0, 0.1) is 0 Å². The first-order valence-corrected chi connectivity index (χ1v) is 6.38. The van der Waals surface area contributed by atoms with Gasteiger partial charge in [0.1, 0.15) is 0 Å². The molecule has 0 saturated carbocycles. The van der Waals surface area contributed by atoms with Crippen molar-refractivity contribution in [2.24, 2.45) is 0 Å². The van der Waals surface area contributed by atoms with E-state index >= 15 is 0 Å². The predicted octanol–water partition coefficient (Wildman–Crippen LogP) is 3.10. The summed E-state index contributed by atoms with van der Waals surface area (Å²) in [4.78, 5) is 12.2. The van der Waals surface area contributed by atoms with Gasteiger partial charge < -0.3 is 4.74 Å². The highest BCUT2D eigenvalue weighted by atomic mass is 16.5. The zero-order valence-corrected chi connectivity index (χ0v) is 11.7. The standard InChI is InChI=1S/C15H18N2O2/c1-5-19-14(18)12-10-8-6-7-9-11(10)16-17-13(12)15(2,3)4/h6-9H,5H2,1-4H3. The molecule has 0 unspecified atom stereocenters. The molecule has 0 amide bonds. The number of rotatable bonds is 2. The highest BCUT2D eigenvalue weighted by molar-refractivity contribution is 6.04. The molecular weight excluding hydrogens is 240 g/mol. The minimum Gasteiger partial charge on any atom is -0.462 e. The van der Waals surface area contributed by atoms with E-state index in [2.05, 4.69) is 10.2 Å². The van der Waals surface area contributed by atoms with Gasteiger partial charge in [-0.3, -0.25) is 0 Å². The van der Waals surface area contributed by atoms with Gasteiger partial charge in [0.2, 0.25) is 0 Å². The Balaban J connectivity index is 2.75. The summed E-state index contributed by atoms with van der Waals surface area (Å²) in [6.07, 6.45) is 0. The number of esters is 1. The average Bonchev–Trinajstić information content (AvgIpc) is 2.36. The number of hydrogen-bond donors (Lipinski definition) is 0. The van der Waals surface area contributed by atoms with Gasteiger partial charge >= 0.3 is 5.97 Å². The molecule has 0 atom stereocenters. The third-order valence-corrected chi connectivity index (χ3v) is 2.86. The van der Waals surface area contributed by atoms with E-state index in [9.17, 15) is 4.79 Å². The molecule has 4 heteroatoms. The van der Waals surface area contributed by atoms with E-state index in [1.165, 1.54) is 0 Å². The molecule has 0 saturated heterocycles. The Morgan fingerprint density at radius 1 is 1.21 bits per heavy atom. The molecule has 0 aliphatic carbocycles. The van der Waals surface area contributed by atoms with E-state index in [4.69, 9.17) is 4.74 Å². The maximum atomic E-state index is 12.2. The molecule has 0 spiro atoms. The number of carbonyl (C=O) groups is 1. The van der Waals surface area contributed by atoms with Crippen molar-refractivity contribution < 1.29 is 9.53 Å². The Morgan fingerprint density at radius 3 is 2.53 bits per heavy atom. The lowest BCUT2D eigenvalue weighted by Crippen LogP contribution is -2.21. The second-order valence-corrected chi connectivity index (χ2v) is 5.41. The summed E-state index contributed by atoms with van der Waals surface area (Å²) in [5.41, 5.74) is 1.64. The number of benzene rings is 1. The molecule has 2 aromatic rings. The predicted molar refractivity (Wildman–Crippen MR) is 74.2 cm³/mol. The fourth-order valence-electron chi connectivity index (χ4n) is 1.99. The third kappa shape index (κ3) is 2.57. The molecule has 1 heterocycles. The van der Waals surface area contributed by atoms with Gasteiger partial charge in [-0.1, -0.05) is 39.0 Å². The van der Waals surface area contributed by atoms with Crippen LogP contribution in [-0.4, -0.2) is 22.8 Å². The van der Waals surface area contributed by atoms with Crippen molar-refractivity contribution >= 4 is 16.9 Å². The van der Waals surface area contributed by atoms with E-state index in [1.54, 1.807) is 6.92 Å². The topological polar surface area (TPSA) is 52.1 Å². The maximum Gasteiger partial charge on any atom is 0.340 e. The number of ether oxygens (including phenoxy) is 1. The molecule has 2 rings (SSSR count). The van der Waals surface area contributed by atoms with Crippen LogP contribution in [0.5, 0.6) is 0 Å². The summed E-state index contributed by atoms with van der Waals surface area (Å²) in [6.45, 7) is 8.17. The summed E-state index contributed by atoms with van der Waals surface area (Å²) >= 11 is 0. The summed E-state index contributed by atoms with van der Waals surface area (Å²) in [5, 5.41) is 9.22. The van der Waals surface area contributed by atoms with Crippen LogP contribution in [0.1, 0.15) is 43.7 Å². The molecular formula is C15H18N2O2. The molecule has 19 heavy (non-hydrogen) atoms. The van der Waals surface area contributed by atoms with Crippen molar-refractivity contribution in [3.8, 4) is 0 Å². The molecule has 0 bridgehead atoms. The first kappa shape index (κ1) is 13.5. The van der Waals surface area contributed by atoms with Crippen LogP contribution in [0.15, 0.2) is 24.3 Å². The fourth-order valence-corrected chi connectivity index (χ4v) is 1.99. The van der Waals surface area contributed by atoms with E-state index < -0.39 is 0 Å². The van der Waals surface area contributed by atoms with Crippen LogP contribution in [0.4, 0.5) is 0 Å². The zero-order chi connectivity index (χ0) is 14.0. The summed E-state index contributed by atoms with van der Waals surface area (Å²) in [5.74, 6) is -0.335. The Hall–Kier alpha value is -1.97. The molecule has 1 aromatic heterocycles. The molecule has 0 radical (unpaired) electrons. The Morgan fingerprint density at radius 2 is 1.89 bits per heavy atom. The van der Waals surface area contributed by atoms with E-state index in [0.717, 1.165) is 5.39 Å². The highest BCUT2D eigenvalue weighted by Gasteiger charge is 2.27. The van der Waals surface area contributed by atoms with Gasteiger partial charge in [-0.2, -0.15) is 10.2 Å². The summed E-state index contributed by atoms with van der Waals surface area (Å²) < 4.78 is 5.17. The van der Waals surface area contributed by atoms with Gasteiger partial charge in [0, 0.05) is 10.8 Å². The van der Waals surface area contributed by atoms with Crippen molar-refractivity contribution in [3.05, 3.63) is 35.5 Å². The molecule has 100 valence electrons. The lowest BCUT2D eigenvalue weighted by atomic mass is 9.87. The second-order valence-electron chi connectivity index (χ2n) is 5.41. The zero-order valence-electron chi connectivity index (χ0n) is 11.7. The highest BCUT2D eigenvalue weighted by Crippen LogP contribution is 2.28. The Kier molecular flexibility index (Phi) is 3.51. The van der Waals surface area contributed by atoms with Crippen LogP contribution in [0.3, 0.4) is 0 Å². The van der Waals surface area contributed by atoms with Crippen LogP contribution in [-0.2, 0) is 10.2 Å². The van der Waals surface area contributed by atoms with Crippen molar-refractivity contribution in [1.29, 1.82) is 0 Å². The smallest absolute Gasteiger partial charge is 0.340 e. The van der Waals surface area contributed by atoms with Gasteiger partial charge in [-0.05, 0) is 13.0 Å². The second kappa shape index (κ2) is 4.96. The Bertz CT molecular complexity index is 615. The molecule has 0 N–H and O–H groups in total. The molecule has 0 aliphatic heterocycles. The van der Waals surface area contributed by atoms with Gasteiger partial charge in [-0.25, -0.2) is 4.79 Å². The van der Waals surface area contributed by atoms with Crippen molar-refractivity contribution in [3.63, 3.8) is 0 Å². The van der Waals surface area contributed by atoms with Crippen LogP contribution in [0.25, 0.3) is 10.9 Å². The molecule has 4 nitrogen and oxygen atoms in total. The van der Waals surface area contributed by atoms with E-state index in [0.29, 0.717) is 23.4 Å². The first-order chi connectivity index (χ1) is 8.95. The van der Waals surface area contributed by atoms with E-state index in [1.807, 2.05) is 45.0 Å². The van der Waals surface area contributed by atoms with Gasteiger partial charge in [0.15, 0.2) is 0 Å². The quantitative estimate of drug-likeness (QED) is 0.777. The normalized spacial score (nSPS) is 11.6. The van der Waals surface area contributed by atoms with Crippen molar-refractivity contribution in [2.75, 3.05) is 6.61 Å². The van der Waals surface area contributed by atoms with Crippen LogP contribution >= 0.6 is 0 Å². The average molecular weight is 258 g/mol. The summed E-state index contributed by atoms with van der Waals surface area (Å²) in [6, 6.07) is 7.49. The van der Waals surface area contributed by atoms with Gasteiger partial charge in [-0.15, -0.1) is 0 Å². The monoisotopic (exact) mass is 258 g/mol. The molecule has 0 fully saturated rings. The van der Waals surface area contributed by atoms with Crippen LogP contribution in [0.2, 0.25) is 0 Å². The Labute approximate surface area is 112 Å². The first-order valence-electron chi connectivity index (χ1n) is 6.38. The number of fused-ring (bicyclic) bond motifs is 1. The molecule has 1 aromatic carbocycles. The number of aromatic nitrogens is 2. The maximum absolute atomic E-state index is 12.2. The lowest BCUT2D eigenvalue weighted by molar-refractivity contribution is 0.0525. The number of nitrogens with zero attached hydrogens (tertiary/aromatic N) is 2. The van der Waals surface area contributed by atoms with Crippen LogP contribution < -0.4 is 0 Å².